The third kappa shape index (κ3) is 6.54. The van der Waals surface area contributed by atoms with Crippen LogP contribution in [-0.4, -0.2) is 65.7 Å². The van der Waals surface area contributed by atoms with Crippen molar-refractivity contribution in [3.05, 3.63) is 93.5 Å². The van der Waals surface area contributed by atoms with Crippen LogP contribution in [0.15, 0.2) is 60.7 Å². The number of halogens is 1. The third-order valence-corrected chi connectivity index (χ3v) is 11.8. The minimum Gasteiger partial charge on any atom is -0.489 e. The van der Waals surface area contributed by atoms with E-state index in [1.165, 1.54) is 5.56 Å². The van der Waals surface area contributed by atoms with Crippen molar-refractivity contribution in [1.29, 1.82) is 5.26 Å². The number of carbonyl (C=O) groups excluding carboxylic acids is 5. The number of hydrogen-bond acceptors (Lipinski definition) is 8. The molecule has 5 amide bonds. The number of nitrogens with one attached hydrogen (secondary N) is 2. The molecule has 3 heterocycles. The standard InChI is InChI=1S/C41H42ClN5O6/c1-40(2)38(41(3,4)39(40)53-28-14-12-26(20-43)31(42)19-28)45-34(49)25-10-8-23(9-11-25)6-5-7-24-21-46(22-24)27-13-15-29-30(18-27)37(52)47(36(29)51)32-16-17-33(48)44-35(32)50/h8-15,18-19,24,32,38-39H,5-7,16-17,21-22H2,1-4H3,(H,45,49)(H,44,48,50). The molecular weight excluding hydrogens is 694 g/mol. The van der Waals surface area contributed by atoms with Crippen molar-refractivity contribution in [2.24, 2.45) is 16.7 Å². The Hall–Kier alpha value is -5.21. The average Bonchev–Trinajstić information content (AvgIpc) is 3.35. The summed E-state index contributed by atoms with van der Waals surface area (Å²) in [6.07, 6.45) is 2.96. The Labute approximate surface area is 313 Å². The summed E-state index contributed by atoms with van der Waals surface area (Å²) in [6, 6.07) is 19.0. The van der Waals surface area contributed by atoms with E-state index >= 15 is 0 Å². The molecule has 3 aromatic carbocycles. The molecule has 1 unspecified atom stereocenters. The van der Waals surface area contributed by atoms with Crippen molar-refractivity contribution in [3.8, 4) is 11.8 Å². The number of ether oxygens (including phenoxy) is 1. The highest BCUT2D eigenvalue weighted by molar-refractivity contribution is 6.31. The molecule has 0 bridgehead atoms. The van der Waals surface area contributed by atoms with E-state index < -0.39 is 29.7 Å². The van der Waals surface area contributed by atoms with E-state index in [9.17, 15) is 29.2 Å². The number of nitrogens with zero attached hydrogens (tertiary/aromatic N) is 3. The van der Waals surface area contributed by atoms with Crippen LogP contribution < -0.4 is 20.3 Å². The summed E-state index contributed by atoms with van der Waals surface area (Å²) in [6.45, 7) is 10.0. The van der Waals surface area contributed by atoms with Gasteiger partial charge in [-0.25, -0.2) is 0 Å². The van der Waals surface area contributed by atoms with Crippen LogP contribution in [0.1, 0.15) is 95.6 Å². The highest BCUT2D eigenvalue weighted by atomic mass is 35.5. The number of anilines is 1. The van der Waals surface area contributed by atoms with E-state index in [0.717, 1.165) is 42.9 Å². The molecule has 274 valence electrons. The fourth-order valence-electron chi connectivity index (χ4n) is 8.85. The van der Waals surface area contributed by atoms with Crippen LogP contribution in [0.5, 0.6) is 5.75 Å². The molecule has 2 N–H and O–H groups in total. The summed E-state index contributed by atoms with van der Waals surface area (Å²) in [5, 5.41) is 15.0. The predicted molar refractivity (Wildman–Crippen MR) is 198 cm³/mol. The second-order valence-corrected chi connectivity index (χ2v) is 16.2. The third-order valence-electron chi connectivity index (χ3n) is 11.5. The lowest BCUT2D eigenvalue weighted by Crippen LogP contribution is -2.74. The van der Waals surface area contributed by atoms with Crippen LogP contribution in [0.2, 0.25) is 5.02 Å². The molecule has 0 aromatic heterocycles. The monoisotopic (exact) mass is 735 g/mol. The number of piperidine rings is 1. The highest BCUT2D eigenvalue weighted by Gasteiger charge is 2.64. The number of nitriles is 1. The van der Waals surface area contributed by atoms with Gasteiger partial charge >= 0.3 is 0 Å². The summed E-state index contributed by atoms with van der Waals surface area (Å²) < 4.78 is 6.35. The quantitative estimate of drug-likeness (QED) is 0.253. The van der Waals surface area contributed by atoms with Gasteiger partial charge in [-0.2, -0.15) is 5.26 Å². The maximum atomic E-state index is 13.4. The summed E-state index contributed by atoms with van der Waals surface area (Å²) in [4.78, 5) is 66.7. The number of fused-ring (bicyclic) bond motifs is 1. The first-order chi connectivity index (χ1) is 25.2. The molecule has 1 atom stereocenters. The van der Waals surface area contributed by atoms with Crippen LogP contribution in [0.3, 0.4) is 0 Å². The number of rotatable bonds is 10. The molecule has 12 heteroatoms. The van der Waals surface area contributed by atoms with Gasteiger partial charge in [-0.3, -0.25) is 34.2 Å². The van der Waals surface area contributed by atoms with Crippen LogP contribution in [-0.2, 0) is 16.0 Å². The molecule has 7 rings (SSSR count). The molecule has 3 fully saturated rings. The van der Waals surface area contributed by atoms with Crippen LogP contribution in [0.4, 0.5) is 5.69 Å². The van der Waals surface area contributed by atoms with E-state index in [4.69, 9.17) is 16.3 Å². The minimum absolute atomic E-state index is 0.0859. The van der Waals surface area contributed by atoms with Crippen molar-refractivity contribution in [1.82, 2.24) is 15.5 Å². The number of imide groups is 2. The lowest BCUT2D eigenvalue weighted by Gasteiger charge is -2.63. The predicted octanol–water partition coefficient (Wildman–Crippen LogP) is 5.68. The van der Waals surface area contributed by atoms with E-state index in [1.807, 2.05) is 30.3 Å². The van der Waals surface area contributed by atoms with E-state index in [2.05, 4.69) is 49.3 Å². The number of carbonyl (C=O) groups is 5. The molecule has 4 aliphatic rings. The SMILES string of the molecule is CC1(C)C(NC(=O)c2ccc(CCCC3CN(c4ccc5c(c4)C(=O)N(C4CCC(=O)NC4=O)C5=O)C3)cc2)C(C)(C)C1Oc1ccc(C#N)c(Cl)c1. The largest absolute Gasteiger partial charge is 0.489 e. The minimum atomic E-state index is -0.977. The molecule has 1 saturated carbocycles. The topological polar surface area (TPSA) is 149 Å². The summed E-state index contributed by atoms with van der Waals surface area (Å²) in [5.41, 5.74) is 2.90. The number of hydrogen-bond donors (Lipinski definition) is 2. The fraction of sp³-hybridized carbons (Fsp3) is 0.415. The van der Waals surface area contributed by atoms with Crippen molar-refractivity contribution in [3.63, 3.8) is 0 Å². The Morgan fingerprint density at radius 2 is 1.66 bits per heavy atom. The van der Waals surface area contributed by atoms with Crippen LogP contribution in [0.25, 0.3) is 0 Å². The Morgan fingerprint density at radius 3 is 2.32 bits per heavy atom. The molecule has 11 nitrogen and oxygen atoms in total. The van der Waals surface area contributed by atoms with Crippen molar-refractivity contribution in [2.75, 3.05) is 18.0 Å². The van der Waals surface area contributed by atoms with Crippen molar-refractivity contribution in [2.45, 2.75) is 78.0 Å². The van der Waals surface area contributed by atoms with Gasteiger partial charge in [-0.05, 0) is 79.6 Å². The van der Waals surface area contributed by atoms with E-state index in [0.29, 0.717) is 33.4 Å². The maximum absolute atomic E-state index is 13.4. The fourth-order valence-corrected chi connectivity index (χ4v) is 9.06. The molecule has 3 aromatic rings. The van der Waals surface area contributed by atoms with Gasteiger partial charge in [0.2, 0.25) is 11.8 Å². The lowest BCUT2D eigenvalue weighted by atomic mass is 9.49. The average molecular weight is 736 g/mol. The summed E-state index contributed by atoms with van der Waals surface area (Å²) in [5.74, 6) is -1.05. The first-order valence-corrected chi connectivity index (χ1v) is 18.4. The Bertz CT molecular complexity index is 2050. The number of amides is 5. The van der Waals surface area contributed by atoms with Gasteiger partial charge in [0.05, 0.1) is 21.7 Å². The van der Waals surface area contributed by atoms with Gasteiger partial charge in [0.1, 0.15) is 24.0 Å². The summed E-state index contributed by atoms with van der Waals surface area (Å²) >= 11 is 6.23. The van der Waals surface area contributed by atoms with E-state index in [-0.39, 0.29) is 47.3 Å². The van der Waals surface area contributed by atoms with Crippen LogP contribution >= 0.6 is 11.6 Å². The Morgan fingerprint density at radius 1 is 0.962 bits per heavy atom. The highest BCUT2D eigenvalue weighted by Crippen LogP contribution is 2.55. The van der Waals surface area contributed by atoms with Gasteiger partial charge in [0, 0.05) is 53.7 Å². The molecule has 3 aliphatic heterocycles. The Kier molecular flexibility index (Phi) is 9.31. The van der Waals surface area contributed by atoms with Gasteiger partial charge < -0.3 is 15.0 Å². The molecular formula is C41H42ClN5O6. The van der Waals surface area contributed by atoms with Crippen molar-refractivity contribution < 1.29 is 28.7 Å². The first kappa shape index (κ1) is 36.2. The van der Waals surface area contributed by atoms with Crippen molar-refractivity contribution >= 4 is 46.8 Å². The second-order valence-electron chi connectivity index (χ2n) is 15.8. The molecule has 0 spiro atoms. The second kappa shape index (κ2) is 13.6. The molecule has 1 aliphatic carbocycles. The van der Waals surface area contributed by atoms with Gasteiger partial charge in [0.25, 0.3) is 17.7 Å². The van der Waals surface area contributed by atoms with Gasteiger partial charge in [-0.15, -0.1) is 0 Å². The lowest BCUT2D eigenvalue weighted by molar-refractivity contribution is -0.164. The normalized spacial score (nSPS) is 23.1. The zero-order valence-electron chi connectivity index (χ0n) is 30.2. The zero-order chi connectivity index (χ0) is 37.8. The van der Waals surface area contributed by atoms with E-state index in [1.54, 1.807) is 30.3 Å². The first-order valence-electron chi connectivity index (χ1n) is 18.1. The Balaban J connectivity index is 0.869. The smallest absolute Gasteiger partial charge is 0.262 e. The number of aryl methyl sites for hydroxylation is 1. The number of benzene rings is 3. The van der Waals surface area contributed by atoms with Gasteiger partial charge in [0.15, 0.2) is 0 Å². The van der Waals surface area contributed by atoms with Gasteiger partial charge in [-0.1, -0.05) is 51.4 Å². The summed E-state index contributed by atoms with van der Waals surface area (Å²) in [7, 11) is 0. The van der Waals surface area contributed by atoms with Crippen LogP contribution in [0, 0.1) is 28.1 Å². The zero-order valence-corrected chi connectivity index (χ0v) is 31.0. The molecule has 53 heavy (non-hydrogen) atoms. The molecule has 2 saturated heterocycles. The maximum Gasteiger partial charge on any atom is 0.262 e. The molecule has 0 radical (unpaired) electrons.